The molecule has 0 aliphatic heterocycles. The molecule has 0 saturated heterocycles. The minimum atomic E-state index is -0.695. The zero-order chi connectivity index (χ0) is 15.4. The molecule has 1 aromatic heterocycles. The molecule has 1 heterocycles. The van der Waals surface area contributed by atoms with E-state index in [1.807, 2.05) is 13.8 Å². The molecule has 0 bridgehead atoms. The molecule has 0 unspecified atom stereocenters. The standard InChI is InChI=1S/C15H23N3O3/c1-3-18-13(8-10(2)17-18)14(19)16-9-11-4-6-12(7-5-11)15(20)21/h8,11-12H,3-7,9H2,1-2H3,(H,16,19)(H,20,21). The molecule has 0 spiro atoms. The van der Waals surface area contributed by atoms with E-state index in [1.165, 1.54) is 0 Å². The van der Waals surface area contributed by atoms with Gasteiger partial charge in [0.1, 0.15) is 5.69 Å². The second kappa shape index (κ2) is 6.74. The summed E-state index contributed by atoms with van der Waals surface area (Å²) in [6.07, 6.45) is 3.15. The molecule has 2 rings (SSSR count). The van der Waals surface area contributed by atoms with E-state index < -0.39 is 5.97 Å². The van der Waals surface area contributed by atoms with Gasteiger partial charge in [0, 0.05) is 13.1 Å². The maximum atomic E-state index is 12.2. The van der Waals surface area contributed by atoms with Gasteiger partial charge in [-0.05, 0) is 51.5 Å². The average molecular weight is 293 g/mol. The number of carbonyl (C=O) groups is 2. The molecule has 1 aliphatic carbocycles. The summed E-state index contributed by atoms with van der Waals surface area (Å²) in [5.74, 6) is -0.623. The monoisotopic (exact) mass is 293 g/mol. The van der Waals surface area contributed by atoms with Gasteiger partial charge in [0.15, 0.2) is 0 Å². The first-order chi connectivity index (χ1) is 10.0. The van der Waals surface area contributed by atoms with Crippen LogP contribution in [0.25, 0.3) is 0 Å². The number of aliphatic carboxylic acids is 1. The van der Waals surface area contributed by atoms with Gasteiger partial charge in [-0.15, -0.1) is 0 Å². The van der Waals surface area contributed by atoms with Crippen LogP contribution in [-0.4, -0.2) is 33.3 Å². The highest BCUT2D eigenvalue weighted by molar-refractivity contribution is 5.92. The number of rotatable bonds is 5. The van der Waals surface area contributed by atoms with Crippen LogP contribution in [0.4, 0.5) is 0 Å². The summed E-state index contributed by atoms with van der Waals surface area (Å²) in [4.78, 5) is 23.1. The first-order valence-electron chi connectivity index (χ1n) is 7.56. The minimum Gasteiger partial charge on any atom is -0.481 e. The molecule has 0 atom stereocenters. The molecule has 1 saturated carbocycles. The Labute approximate surface area is 124 Å². The van der Waals surface area contributed by atoms with E-state index >= 15 is 0 Å². The highest BCUT2D eigenvalue weighted by atomic mass is 16.4. The van der Waals surface area contributed by atoms with Gasteiger partial charge in [0.25, 0.3) is 5.91 Å². The molecule has 1 aromatic rings. The lowest BCUT2D eigenvalue weighted by Gasteiger charge is -2.26. The molecule has 1 aliphatic rings. The maximum Gasteiger partial charge on any atom is 0.306 e. The van der Waals surface area contributed by atoms with Gasteiger partial charge < -0.3 is 10.4 Å². The maximum absolute atomic E-state index is 12.2. The third-order valence-electron chi connectivity index (χ3n) is 4.18. The van der Waals surface area contributed by atoms with Gasteiger partial charge in [-0.3, -0.25) is 14.3 Å². The topological polar surface area (TPSA) is 84.2 Å². The molecule has 1 amide bonds. The van der Waals surface area contributed by atoms with Gasteiger partial charge in [-0.1, -0.05) is 0 Å². The van der Waals surface area contributed by atoms with Crippen LogP contribution >= 0.6 is 0 Å². The zero-order valence-electron chi connectivity index (χ0n) is 12.6. The molecular weight excluding hydrogens is 270 g/mol. The van der Waals surface area contributed by atoms with Gasteiger partial charge >= 0.3 is 5.97 Å². The SMILES string of the molecule is CCn1nc(C)cc1C(=O)NCC1CCC(C(=O)O)CC1. The van der Waals surface area contributed by atoms with Crippen LogP contribution in [0.5, 0.6) is 0 Å². The fourth-order valence-electron chi connectivity index (χ4n) is 2.91. The molecule has 2 N–H and O–H groups in total. The first kappa shape index (κ1) is 15.5. The second-order valence-corrected chi connectivity index (χ2v) is 5.75. The Hall–Kier alpha value is -1.85. The van der Waals surface area contributed by atoms with E-state index in [-0.39, 0.29) is 11.8 Å². The first-order valence-corrected chi connectivity index (χ1v) is 7.56. The quantitative estimate of drug-likeness (QED) is 0.867. The summed E-state index contributed by atoms with van der Waals surface area (Å²) in [6, 6.07) is 1.79. The molecular formula is C15H23N3O3. The number of nitrogens with zero attached hydrogens (tertiary/aromatic N) is 2. The summed E-state index contributed by atoms with van der Waals surface area (Å²) in [7, 11) is 0. The number of carbonyl (C=O) groups excluding carboxylic acids is 1. The number of carboxylic acid groups (broad SMARTS) is 1. The highest BCUT2D eigenvalue weighted by Gasteiger charge is 2.26. The van der Waals surface area contributed by atoms with Gasteiger partial charge in [-0.25, -0.2) is 0 Å². The van der Waals surface area contributed by atoms with E-state index in [1.54, 1.807) is 10.7 Å². The van der Waals surface area contributed by atoms with Crippen molar-refractivity contribution < 1.29 is 14.7 Å². The molecule has 116 valence electrons. The van der Waals surface area contributed by atoms with E-state index in [2.05, 4.69) is 10.4 Å². The Morgan fingerprint density at radius 3 is 2.62 bits per heavy atom. The normalized spacial score (nSPS) is 22.0. The lowest BCUT2D eigenvalue weighted by Crippen LogP contribution is -2.33. The number of carboxylic acids is 1. The van der Waals surface area contributed by atoms with Crippen LogP contribution in [0.2, 0.25) is 0 Å². The Bertz CT molecular complexity index is 516. The van der Waals surface area contributed by atoms with Crippen molar-refractivity contribution in [3.05, 3.63) is 17.5 Å². The third-order valence-corrected chi connectivity index (χ3v) is 4.18. The predicted molar refractivity (Wildman–Crippen MR) is 78.1 cm³/mol. The van der Waals surface area contributed by atoms with Crippen molar-refractivity contribution in [1.82, 2.24) is 15.1 Å². The van der Waals surface area contributed by atoms with E-state index in [4.69, 9.17) is 5.11 Å². The van der Waals surface area contributed by atoms with Crippen molar-refractivity contribution in [3.63, 3.8) is 0 Å². The molecule has 1 fully saturated rings. The lowest BCUT2D eigenvalue weighted by molar-refractivity contribution is -0.143. The highest BCUT2D eigenvalue weighted by Crippen LogP contribution is 2.28. The zero-order valence-corrected chi connectivity index (χ0v) is 12.6. The third kappa shape index (κ3) is 3.83. The number of aryl methyl sites for hydroxylation is 2. The Kier molecular flexibility index (Phi) is 4.98. The van der Waals surface area contributed by atoms with Crippen LogP contribution in [-0.2, 0) is 11.3 Å². The molecule has 0 radical (unpaired) electrons. The minimum absolute atomic E-state index is 0.0993. The number of aromatic nitrogens is 2. The summed E-state index contributed by atoms with van der Waals surface area (Å²) in [6.45, 7) is 5.10. The van der Waals surface area contributed by atoms with Crippen LogP contribution in [0, 0.1) is 18.8 Å². The second-order valence-electron chi connectivity index (χ2n) is 5.75. The Morgan fingerprint density at radius 2 is 2.05 bits per heavy atom. The summed E-state index contributed by atoms with van der Waals surface area (Å²) in [5, 5.41) is 16.2. The van der Waals surface area contributed by atoms with Crippen molar-refractivity contribution in [2.75, 3.05) is 6.54 Å². The van der Waals surface area contributed by atoms with Gasteiger partial charge in [-0.2, -0.15) is 5.10 Å². The number of hydrogen-bond donors (Lipinski definition) is 2. The Morgan fingerprint density at radius 1 is 1.38 bits per heavy atom. The van der Waals surface area contributed by atoms with E-state index in [0.717, 1.165) is 18.5 Å². The van der Waals surface area contributed by atoms with Crippen molar-refractivity contribution in [3.8, 4) is 0 Å². The molecule has 6 heteroatoms. The Balaban J connectivity index is 1.83. The largest absolute Gasteiger partial charge is 0.481 e. The molecule has 0 aromatic carbocycles. The predicted octanol–water partition coefficient (Wildman–Crippen LogP) is 1.83. The van der Waals surface area contributed by atoms with Gasteiger partial charge in [0.05, 0.1) is 11.6 Å². The van der Waals surface area contributed by atoms with Gasteiger partial charge in [0.2, 0.25) is 0 Å². The van der Waals surface area contributed by atoms with Crippen LogP contribution in [0.1, 0.15) is 48.8 Å². The summed E-state index contributed by atoms with van der Waals surface area (Å²) >= 11 is 0. The van der Waals surface area contributed by atoms with Crippen molar-refractivity contribution in [2.24, 2.45) is 11.8 Å². The van der Waals surface area contributed by atoms with Crippen molar-refractivity contribution in [2.45, 2.75) is 46.1 Å². The van der Waals surface area contributed by atoms with Crippen LogP contribution < -0.4 is 5.32 Å². The van der Waals surface area contributed by atoms with Crippen molar-refractivity contribution >= 4 is 11.9 Å². The fourth-order valence-corrected chi connectivity index (χ4v) is 2.91. The summed E-state index contributed by atoms with van der Waals surface area (Å²) < 4.78 is 1.70. The fraction of sp³-hybridized carbons (Fsp3) is 0.667. The van der Waals surface area contributed by atoms with Crippen molar-refractivity contribution in [1.29, 1.82) is 0 Å². The van der Waals surface area contributed by atoms with E-state index in [9.17, 15) is 9.59 Å². The molecule has 21 heavy (non-hydrogen) atoms. The van der Waals surface area contributed by atoms with E-state index in [0.29, 0.717) is 37.5 Å². The van der Waals surface area contributed by atoms with Crippen LogP contribution in [0.3, 0.4) is 0 Å². The van der Waals surface area contributed by atoms with Crippen LogP contribution in [0.15, 0.2) is 6.07 Å². The smallest absolute Gasteiger partial charge is 0.306 e. The summed E-state index contributed by atoms with van der Waals surface area (Å²) in [5.41, 5.74) is 1.43. The number of hydrogen-bond acceptors (Lipinski definition) is 3. The number of nitrogens with one attached hydrogen (secondary N) is 1. The average Bonchev–Trinajstić information content (AvgIpc) is 2.86. The molecule has 6 nitrogen and oxygen atoms in total. The lowest BCUT2D eigenvalue weighted by atomic mass is 9.82. The number of amides is 1.